The van der Waals surface area contributed by atoms with Crippen LogP contribution in [0.15, 0.2) is 86.2 Å². The van der Waals surface area contributed by atoms with Gasteiger partial charge < -0.3 is 4.42 Å². The average Bonchev–Trinajstić information content (AvgIpc) is 3.38. The lowest BCUT2D eigenvalue weighted by atomic mass is 10.1. The van der Waals surface area contributed by atoms with Gasteiger partial charge in [-0.25, -0.2) is 4.98 Å². The standard InChI is InChI=1S/C22H13N3O3S3/c26-19-15(20(27)25(21(29)24-19)13-6-2-1-3-7-13)12-14-10-11-18(28-14)31-22-23-16-8-4-5-9-17(16)30-22/h1-12H,(H,24,26,29)/b15-12+. The number of rotatable bonds is 4. The van der Waals surface area contributed by atoms with E-state index in [1.165, 1.54) is 22.7 Å². The summed E-state index contributed by atoms with van der Waals surface area (Å²) in [6, 6.07) is 20.3. The summed E-state index contributed by atoms with van der Waals surface area (Å²) in [5, 5.41) is 3.23. The van der Waals surface area contributed by atoms with Crippen molar-refractivity contribution in [1.82, 2.24) is 10.3 Å². The summed E-state index contributed by atoms with van der Waals surface area (Å²) < 4.78 is 7.77. The monoisotopic (exact) mass is 463 g/mol. The molecule has 9 heteroatoms. The van der Waals surface area contributed by atoms with E-state index in [1.807, 2.05) is 30.3 Å². The third kappa shape index (κ3) is 3.90. The highest BCUT2D eigenvalue weighted by Crippen LogP contribution is 2.35. The fraction of sp³-hybridized carbons (Fsp3) is 0. The van der Waals surface area contributed by atoms with Crippen LogP contribution in [0.25, 0.3) is 16.3 Å². The number of amides is 2. The minimum absolute atomic E-state index is 0.0462. The van der Waals surface area contributed by atoms with Gasteiger partial charge in [-0.3, -0.25) is 19.8 Å². The van der Waals surface area contributed by atoms with Crippen molar-refractivity contribution in [2.75, 3.05) is 4.90 Å². The van der Waals surface area contributed by atoms with Crippen LogP contribution < -0.4 is 10.2 Å². The molecular weight excluding hydrogens is 450 g/mol. The molecule has 0 atom stereocenters. The molecule has 1 aliphatic rings. The number of nitrogens with one attached hydrogen (secondary N) is 1. The maximum Gasteiger partial charge on any atom is 0.270 e. The molecule has 0 saturated carbocycles. The number of nitrogens with zero attached hydrogens (tertiary/aromatic N) is 2. The molecule has 5 rings (SSSR count). The van der Waals surface area contributed by atoms with Crippen molar-refractivity contribution >= 4 is 74.2 Å². The number of anilines is 1. The maximum absolute atomic E-state index is 13.0. The van der Waals surface area contributed by atoms with Crippen LogP contribution in [-0.2, 0) is 9.59 Å². The SMILES string of the molecule is O=C1NC(=S)N(c2ccccc2)C(=O)/C1=C/c1ccc(Sc2nc3ccccc3s2)o1. The largest absolute Gasteiger partial charge is 0.450 e. The Hall–Kier alpha value is -3.27. The predicted octanol–water partition coefficient (Wildman–Crippen LogP) is 4.87. The number of hydrogen-bond acceptors (Lipinski definition) is 7. The zero-order valence-corrected chi connectivity index (χ0v) is 18.2. The van der Waals surface area contributed by atoms with Crippen LogP contribution in [-0.4, -0.2) is 21.9 Å². The first-order chi connectivity index (χ1) is 15.1. The molecule has 1 fully saturated rings. The van der Waals surface area contributed by atoms with Crippen LogP contribution in [0.4, 0.5) is 5.69 Å². The minimum Gasteiger partial charge on any atom is -0.450 e. The first-order valence-corrected chi connectivity index (χ1v) is 11.2. The Morgan fingerprint density at radius 2 is 1.81 bits per heavy atom. The van der Waals surface area contributed by atoms with Gasteiger partial charge in [0.15, 0.2) is 14.5 Å². The number of carbonyl (C=O) groups is 2. The van der Waals surface area contributed by atoms with Crippen LogP contribution in [0.5, 0.6) is 0 Å². The van der Waals surface area contributed by atoms with E-state index < -0.39 is 11.8 Å². The van der Waals surface area contributed by atoms with Crippen molar-refractivity contribution in [2.24, 2.45) is 0 Å². The molecule has 1 saturated heterocycles. The topological polar surface area (TPSA) is 75.4 Å². The highest BCUT2D eigenvalue weighted by molar-refractivity contribution is 8.01. The van der Waals surface area contributed by atoms with Gasteiger partial charge in [-0.1, -0.05) is 30.3 Å². The Kier molecular flexibility index (Phi) is 5.14. The molecule has 4 aromatic rings. The number of thiocarbonyl (C=S) groups is 1. The summed E-state index contributed by atoms with van der Waals surface area (Å²) >= 11 is 8.16. The van der Waals surface area contributed by atoms with Gasteiger partial charge in [0.25, 0.3) is 11.8 Å². The van der Waals surface area contributed by atoms with Crippen molar-refractivity contribution in [3.05, 3.63) is 78.1 Å². The highest BCUT2D eigenvalue weighted by Gasteiger charge is 2.34. The molecule has 0 unspecified atom stereocenters. The van der Waals surface area contributed by atoms with E-state index >= 15 is 0 Å². The van der Waals surface area contributed by atoms with E-state index in [1.54, 1.807) is 47.7 Å². The zero-order valence-electron chi connectivity index (χ0n) is 15.8. The second-order valence-electron chi connectivity index (χ2n) is 6.50. The van der Waals surface area contributed by atoms with E-state index in [2.05, 4.69) is 10.3 Å². The van der Waals surface area contributed by atoms with Crippen molar-refractivity contribution in [2.45, 2.75) is 9.43 Å². The van der Waals surface area contributed by atoms with Crippen molar-refractivity contribution in [1.29, 1.82) is 0 Å². The molecule has 1 aliphatic heterocycles. The first-order valence-electron chi connectivity index (χ1n) is 9.18. The van der Waals surface area contributed by atoms with Gasteiger partial charge in [-0.15, -0.1) is 11.3 Å². The molecule has 2 aromatic carbocycles. The second kappa shape index (κ2) is 8.10. The summed E-state index contributed by atoms with van der Waals surface area (Å²) in [5.74, 6) is -0.668. The van der Waals surface area contributed by atoms with Gasteiger partial charge in [0.2, 0.25) is 0 Å². The number of para-hydroxylation sites is 2. The van der Waals surface area contributed by atoms with E-state index in [-0.39, 0.29) is 10.7 Å². The molecule has 31 heavy (non-hydrogen) atoms. The number of furan rings is 1. The molecule has 2 amide bonds. The number of carbonyl (C=O) groups excluding carboxylic acids is 2. The molecule has 0 bridgehead atoms. The first kappa shape index (κ1) is 19.7. The molecule has 2 aromatic heterocycles. The average molecular weight is 464 g/mol. The van der Waals surface area contributed by atoms with Gasteiger partial charge >= 0.3 is 0 Å². The van der Waals surface area contributed by atoms with Gasteiger partial charge in [0.1, 0.15) is 11.3 Å². The maximum atomic E-state index is 13.0. The van der Waals surface area contributed by atoms with E-state index in [9.17, 15) is 9.59 Å². The number of benzene rings is 2. The summed E-state index contributed by atoms with van der Waals surface area (Å²) in [4.78, 5) is 31.3. The third-order valence-electron chi connectivity index (χ3n) is 4.47. The van der Waals surface area contributed by atoms with Gasteiger partial charge in [0, 0.05) is 0 Å². The molecule has 1 N–H and O–H groups in total. The third-order valence-corrected chi connectivity index (χ3v) is 6.77. The fourth-order valence-electron chi connectivity index (χ4n) is 3.06. The summed E-state index contributed by atoms with van der Waals surface area (Å²) in [6.45, 7) is 0. The number of hydrogen-bond donors (Lipinski definition) is 1. The smallest absolute Gasteiger partial charge is 0.270 e. The highest BCUT2D eigenvalue weighted by atomic mass is 32.2. The summed E-state index contributed by atoms with van der Waals surface area (Å²) in [7, 11) is 0. The van der Waals surface area contributed by atoms with E-state index in [0.717, 1.165) is 14.6 Å². The van der Waals surface area contributed by atoms with E-state index in [4.69, 9.17) is 16.6 Å². The van der Waals surface area contributed by atoms with Gasteiger partial charge in [-0.05, 0) is 66.5 Å². The van der Waals surface area contributed by atoms with Crippen molar-refractivity contribution in [3.8, 4) is 0 Å². The minimum atomic E-state index is -0.557. The Labute approximate surface area is 190 Å². The lowest BCUT2D eigenvalue weighted by Gasteiger charge is -2.28. The zero-order chi connectivity index (χ0) is 21.4. The van der Waals surface area contributed by atoms with Crippen LogP contribution in [0.1, 0.15) is 5.76 Å². The van der Waals surface area contributed by atoms with Crippen molar-refractivity contribution in [3.63, 3.8) is 0 Å². The molecule has 0 spiro atoms. The van der Waals surface area contributed by atoms with Gasteiger partial charge in [0.05, 0.1) is 15.9 Å². The molecular formula is C22H13N3O3S3. The molecule has 6 nitrogen and oxygen atoms in total. The molecule has 3 heterocycles. The lowest BCUT2D eigenvalue weighted by molar-refractivity contribution is -0.122. The Morgan fingerprint density at radius 1 is 1.03 bits per heavy atom. The Bertz CT molecular complexity index is 1320. The Morgan fingerprint density at radius 3 is 2.61 bits per heavy atom. The fourth-order valence-corrected chi connectivity index (χ4v) is 5.31. The molecule has 0 aliphatic carbocycles. The van der Waals surface area contributed by atoms with Crippen LogP contribution in [0.3, 0.4) is 0 Å². The lowest BCUT2D eigenvalue weighted by Crippen LogP contribution is -2.54. The number of aromatic nitrogens is 1. The number of thiazole rings is 1. The summed E-state index contributed by atoms with van der Waals surface area (Å²) in [5.41, 5.74) is 1.46. The number of fused-ring (bicyclic) bond motifs is 1. The second-order valence-corrected chi connectivity index (χ2v) is 9.17. The van der Waals surface area contributed by atoms with Crippen molar-refractivity contribution < 1.29 is 14.0 Å². The van der Waals surface area contributed by atoms with Crippen LogP contribution in [0, 0.1) is 0 Å². The summed E-state index contributed by atoms with van der Waals surface area (Å²) in [6.07, 6.45) is 1.43. The van der Waals surface area contributed by atoms with Crippen LogP contribution >= 0.6 is 35.3 Å². The van der Waals surface area contributed by atoms with E-state index in [0.29, 0.717) is 16.5 Å². The van der Waals surface area contributed by atoms with Gasteiger partial charge in [-0.2, -0.15) is 0 Å². The quantitative estimate of drug-likeness (QED) is 0.264. The predicted molar refractivity (Wildman–Crippen MR) is 125 cm³/mol. The normalized spacial score (nSPS) is 15.7. The Balaban J connectivity index is 1.40. The molecule has 152 valence electrons. The van der Waals surface area contributed by atoms with Crippen LogP contribution in [0.2, 0.25) is 0 Å². The molecule has 0 radical (unpaired) electrons.